The summed E-state index contributed by atoms with van der Waals surface area (Å²) in [4.78, 5) is 26.6. The van der Waals surface area contributed by atoms with Gasteiger partial charge in [-0.2, -0.15) is 0 Å². The molecule has 0 aromatic heterocycles. The van der Waals surface area contributed by atoms with Crippen molar-refractivity contribution in [2.45, 2.75) is 6.92 Å². The van der Waals surface area contributed by atoms with Crippen LogP contribution in [0.15, 0.2) is 45.8 Å². The Hall–Kier alpha value is -1.96. The third kappa shape index (κ3) is 4.00. The van der Waals surface area contributed by atoms with Crippen molar-refractivity contribution in [1.29, 1.82) is 0 Å². The summed E-state index contributed by atoms with van der Waals surface area (Å²) in [5, 5.41) is -0.0562. The summed E-state index contributed by atoms with van der Waals surface area (Å²) < 4.78 is 11.6. The van der Waals surface area contributed by atoms with Crippen LogP contribution in [0.5, 0.6) is 11.5 Å². The highest BCUT2D eigenvalue weighted by molar-refractivity contribution is 9.10. The molecule has 0 spiro atoms. The number of benzene rings is 2. The Morgan fingerprint density at radius 1 is 1.22 bits per heavy atom. The van der Waals surface area contributed by atoms with Gasteiger partial charge >= 0.3 is 0 Å². The number of methoxy groups -OCH3 is 1. The molecule has 1 aliphatic heterocycles. The molecule has 1 saturated heterocycles. The van der Waals surface area contributed by atoms with E-state index in [2.05, 4.69) is 15.9 Å². The molecule has 0 saturated carbocycles. The van der Waals surface area contributed by atoms with E-state index in [-0.39, 0.29) is 0 Å². The van der Waals surface area contributed by atoms with Crippen LogP contribution in [-0.4, -0.2) is 24.9 Å². The minimum atomic E-state index is -0.418. The number of imide groups is 1. The molecule has 8 heteroatoms. The zero-order valence-corrected chi connectivity index (χ0v) is 17.7. The van der Waals surface area contributed by atoms with Gasteiger partial charge in [-0.05, 0) is 54.6 Å². The van der Waals surface area contributed by atoms with Crippen molar-refractivity contribution >= 4 is 62.2 Å². The van der Waals surface area contributed by atoms with Gasteiger partial charge in [0.05, 0.1) is 29.3 Å². The Kier molecular flexibility index (Phi) is 6.14. The smallest absolute Gasteiger partial charge is 0.298 e. The Morgan fingerprint density at radius 3 is 2.63 bits per heavy atom. The number of carbonyl (C=O) groups is 2. The Labute approximate surface area is 174 Å². The van der Waals surface area contributed by atoms with Crippen molar-refractivity contribution in [2.75, 3.05) is 18.6 Å². The van der Waals surface area contributed by atoms with Crippen LogP contribution in [0, 0.1) is 0 Å². The molecule has 0 N–H and O–H groups in total. The van der Waals surface area contributed by atoms with Gasteiger partial charge in [0, 0.05) is 4.47 Å². The maximum absolute atomic E-state index is 12.8. The average molecular weight is 469 g/mol. The van der Waals surface area contributed by atoms with E-state index in [1.165, 1.54) is 0 Å². The van der Waals surface area contributed by atoms with Gasteiger partial charge in [0.2, 0.25) is 0 Å². The monoisotopic (exact) mass is 467 g/mol. The summed E-state index contributed by atoms with van der Waals surface area (Å²) >= 11 is 10.5. The van der Waals surface area contributed by atoms with Gasteiger partial charge in [-0.15, -0.1) is 0 Å². The molecule has 1 aliphatic rings. The maximum atomic E-state index is 12.8. The Morgan fingerprint density at radius 2 is 1.96 bits per heavy atom. The number of hydrogen-bond donors (Lipinski definition) is 0. The molecule has 27 heavy (non-hydrogen) atoms. The third-order valence-electron chi connectivity index (χ3n) is 3.76. The van der Waals surface area contributed by atoms with Crippen LogP contribution in [0.4, 0.5) is 10.5 Å². The first-order valence-corrected chi connectivity index (χ1v) is 9.97. The molecule has 2 aromatic carbocycles. The normalized spacial score (nSPS) is 15.6. The molecular weight excluding hydrogens is 454 g/mol. The fraction of sp³-hybridized carbons (Fsp3) is 0.158. The lowest BCUT2D eigenvalue weighted by molar-refractivity contribution is -0.113. The lowest BCUT2D eigenvalue weighted by atomic mass is 10.1. The predicted octanol–water partition coefficient (Wildman–Crippen LogP) is 5.75. The van der Waals surface area contributed by atoms with Crippen molar-refractivity contribution in [3.8, 4) is 11.5 Å². The largest absolute Gasteiger partial charge is 0.493 e. The number of anilines is 1. The van der Waals surface area contributed by atoms with Gasteiger partial charge in [-0.25, -0.2) is 4.90 Å². The van der Waals surface area contributed by atoms with Gasteiger partial charge in [0.25, 0.3) is 11.1 Å². The number of rotatable bonds is 5. The van der Waals surface area contributed by atoms with Crippen molar-refractivity contribution in [1.82, 2.24) is 0 Å². The molecule has 0 atom stereocenters. The molecule has 0 bridgehead atoms. The minimum Gasteiger partial charge on any atom is -0.493 e. The standard InChI is InChI=1S/C19H15BrClNO4S/c1-3-26-16-8-11(12(20)10-15(16)25-2)9-17-18(23)22(19(24)27-17)14-7-5-4-6-13(14)21/h4-10H,3H2,1-2H3/b17-9-. The van der Waals surface area contributed by atoms with Gasteiger partial charge in [-0.1, -0.05) is 39.7 Å². The molecule has 1 fully saturated rings. The van der Waals surface area contributed by atoms with Crippen molar-refractivity contribution in [3.63, 3.8) is 0 Å². The molecule has 2 aromatic rings. The molecule has 0 aliphatic carbocycles. The molecule has 1 heterocycles. The highest BCUT2D eigenvalue weighted by Gasteiger charge is 2.37. The highest BCUT2D eigenvalue weighted by Crippen LogP contribution is 2.40. The molecule has 140 valence electrons. The zero-order valence-electron chi connectivity index (χ0n) is 14.5. The summed E-state index contributed by atoms with van der Waals surface area (Å²) in [5.74, 6) is 0.712. The van der Waals surface area contributed by atoms with E-state index in [1.807, 2.05) is 6.92 Å². The summed E-state index contributed by atoms with van der Waals surface area (Å²) in [6, 6.07) is 10.3. The minimum absolute atomic E-state index is 0.299. The van der Waals surface area contributed by atoms with Crippen molar-refractivity contribution in [3.05, 3.63) is 56.4 Å². The lowest BCUT2D eigenvalue weighted by Crippen LogP contribution is -2.27. The quantitative estimate of drug-likeness (QED) is 0.523. The van der Waals surface area contributed by atoms with E-state index in [0.717, 1.165) is 16.7 Å². The van der Waals surface area contributed by atoms with Crippen LogP contribution in [-0.2, 0) is 4.79 Å². The van der Waals surface area contributed by atoms with Gasteiger partial charge in [0.15, 0.2) is 11.5 Å². The molecule has 0 unspecified atom stereocenters. The van der Waals surface area contributed by atoms with E-state index in [4.69, 9.17) is 21.1 Å². The van der Waals surface area contributed by atoms with Crippen LogP contribution < -0.4 is 14.4 Å². The van der Waals surface area contributed by atoms with Gasteiger partial charge < -0.3 is 9.47 Å². The number of ether oxygens (including phenoxy) is 2. The average Bonchev–Trinajstić information content (AvgIpc) is 2.92. The molecule has 0 radical (unpaired) electrons. The number of halogens is 2. The number of amides is 2. The third-order valence-corrected chi connectivity index (χ3v) is 5.63. The summed E-state index contributed by atoms with van der Waals surface area (Å²) in [6.07, 6.45) is 1.65. The SMILES string of the molecule is CCOc1cc(/C=C2\SC(=O)N(c3ccccc3Cl)C2=O)c(Br)cc1OC. The number of carbonyl (C=O) groups excluding carboxylic acids is 2. The first-order valence-electron chi connectivity index (χ1n) is 7.99. The Balaban J connectivity index is 1.99. The van der Waals surface area contributed by atoms with Crippen molar-refractivity contribution in [2.24, 2.45) is 0 Å². The van der Waals surface area contributed by atoms with Gasteiger partial charge in [0.1, 0.15) is 0 Å². The molecule has 2 amide bonds. The topological polar surface area (TPSA) is 55.8 Å². The molecule has 3 rings (SSSR count). The Bertz CT molecular complexity index is 947. The maximum Gasteiger partial charge on any atom is 0.298 e. The first kappa shape index (κ1) is 19.8. The van der Waals surface area contributed by atoms with Crippen LogP contribution in [0.3, 0.4) is 0 Å². The number of thioether (sulfide) groups is 1. The number of para-hydroxylation sites is 1. The molecular formula is C19H15BrClNO4S. The van der Waals surface area contributed by atoms with E-state index < -0.39 is 11.1 Å². The van der Waals surface area contributed by atoms with E-state index in [1.54, 1.807) is 49.6 Å². The van der Waals surface area contributed by atoms with E-state index >= 15 is 0 Å². The van der Waals surface area contributed by atoms with E-state index in [9.17, 15) is 9.59 Å². The second-order valence-electron chi connectivity index (χ2n) is 5.43. The van der Waals surface area contributed by atoms with Crippen LogP contribution in [0.25, 0.3) is 6.08 Å². The second-order valence-corrected chi connectivity index (χ2v) is 7.68. The van der Waals surface area contributed by atoms with Gasteiger partial charge in [-0.3, -0.25) is 9.59 Å². The second kappa shape index (κ2) is 8.37. The zero-order chi connectivity index (χ0) is 19.6. The van der Waals surface area contributed by atoms with Crippen molar-refractivity contribution < 1.29 is 19.1 Å². The summed E-state index contributed by atoms with van der Waals surface area (Å²) in [6.45, 7) is 2.34. The fourth-order valence-corrected chi connectivity index (χ4v) is 4.02. The molecule has 5 nitrogen and oxygen atoms in total. The van der Waals surface area contributed by atoms with E-state index in [0.29, 0.717) is 43.8 Å². The first-order chi connectivity index (χ1) is 13.0. The van der Waals surface area contributed by atoms with Crippen LogP contribution in [0.2, 0.25) is 5.02 Å². The predicted molar refractivity (Wildman–Crippen MR) is 112 cm³/mol. The fourth-order valence-electron chi connectivity index (χ4n) is 2.54. The summed E-state index contributed by atoms with van der Waals surface area (Å²) in [7, 11) is 1.55. The lowest BCUT2D eigenvalue weighted by Gasteiger charge is -2.14. The highest BCUT2D eigenvalue weighted by atomic mass is 79.9. The number of hydrogen-bond acceptors (Lipinski definition) is 5. The number of nitrogens with zero attached hydrogens (tertiary/aromatic N) is 1. The van der Waals surface area contributed by atoms with Crippen LogP contribution >= 0.6 is 39.3 Å². The summed E-state index contributed by atoms with van der Waals surface area (Å²) in [5.41, 5.74) is 1.07. The van der Waals surface area contributed by atoms with Crippen LogP contribution in [0.1, 0.15) is 12.5 Å².